The van der Waals surface area contributed by atoms with Gasteiger partial charge in [0.15, 0.2) is 0 Å². The van der Waals surface area contributed by atoms with Gasteiger partial charge in [0.2, 0.25) is 5.43 Å². The maximum absolute atomic E-state index is 11.3. The Hall–Kier alpha value is -1.82. The first kappa shape index (κ1) is 12.3. The summed E-state index contributed by atoms with van der Waals surface area (Å²) in [4.78, 5) is 22.1. The number of nitrogen functional groups attached to an aromatic ring is 1. The number of pyridine rings is 1. The summed E-state index contributed by atoms with van der Waals surface area (Å²) in [6, 6.07) is 0. The van der Waals surface area contributed by atoms with Crippen molar-refractivity contribution < 1.29 is 14.6 Å². The molecule has 0 bridgehead atoms. The Balaban J connectivity index is 2.95. The van der Waals surface area contributed by atoms with E-state index in [1.807, 2.05) is 6.92 Å². The molecule has 1 heterocycles. The molecule has 0 radical (unpaired) electrons. The van der Waals surface area contributed by atoms with Crippen molar-refractivity contribution in [2.75, 3.05) is 18.9 Å². The first-order valence-corrected chi connectivity index (χ1v) is 4.86. The summed E-state index contributed by atoms with van der Waals surface area (Å²) in [6.07, 6.45) is 2.67. The van der Waals surface area contributed by atoms with Crippen LogP contribution in [0.3, 0.4) is 0 Å². The average Bonchev–Trinajstić information content (AvgIpc) is 2.23. The van der Waals surface area contributed by atoms with Crippen LogP contribution in [0.2, 0.25) is 0 Å². The third kappa shape index (κ3) is 2.83. The fraction of sp³-hybridized carbons (Fsp3) is 0.400. The van der Waals surface area contributed by atoms with Crippen LogP contribution in [0, 0.1) is 0 Å². The number of aromatic nitrogens is 1. The molecule has 0 atom stereocenters. The van der Waals surface area contributed by atoms with Crippen molar-refractivity contribution in [2.24, 2.45) is 0 Å². The Morgan fingerprint density at radius 2 is 2.25 bits per heavy atom. The number of nitrogens with two attached hydrogens (primary N) is 1. The quantitative estimate of drug-likeness (QED) is 0.697. The second-order valence-electron chi connectivity index (χ2n) is 3.20. The van der Waals surface area contributed by atoms with E-state index in [1.54, 1.807) is 0 Å². The van der Waals surface area contributed by atoms with Crippen LogP contribution in [0.4, 0.5) is 5.69 Å². The van der Waals surface area contributed by atoms with Crippen LogP contribution in [0.1, 0.15) is 17.3 Å². The van der Waals surface area contributed by atoms with Crippen molar-refractivity contribution in [3.63, 3.8) is 0 Å². The second-order valence-corrected chi connectivity index (χ2v) is 3.20. The zero-order valence-corrected chi connectivity index (χ0v) is 8.97. The van der Waals surface area contributed by atoms with E-state index in [2.05, 4.69) is 0 Å². The van der Waals surface area contributed by atoms with Crippen LogP contribution in [0.15, 0.2) is 17.2 Å². The van der Waals surface area contributed by atoms with Gasteiger partial charge in [-0.25, -0.2) is 4.79 Å². The fourth-order valence-electron chi connectivity index (χ4n) is 1.25. The molecule has 6 heteroatoms. The Kier molecular flexibility index (Phi) is 4.07. The van der Waals surface area contributed by atoms with Gasteiger partial charge in [-0.2, -0.15) is 0 Å². The monoisotopic (exact) mass is 226 g/mol. The largest absolute Gasteiger partial charge is 0.477 e. The Labute approximate surface area is 92.3 Å². The third-order valence-corrected chi connectivity index (χ3v) is 2.03. The number of hydrogen-bond acceptors (Lipinski definition) is 4. The van der Waals surface area contributed by atoms with Crippen molar-refractivity contribution in [2.45, 2.75) is 13.5 Å². The number of aromatic carboxylic acids is 1. The molecule has 0 aliphatic rings. The van der Waals surface area contributed by atoms with Crippen LogP contribution in [-0.2, 0) is 11.3 Å². The molecule has 1 rings (SSSR count). The summed E-state index contributed by atoms with van der Waals surface area (Å²) in [7, 11) is 0. The molecule has 3 N–H and O–H groups in total. The molecule has 6 nitrogen and oxygen atoms in total. The van der Waals surface area contributed by atoms with E-state index < -0.39 is 11.4 Å². The van der Waals surface area contributed by atoms with Crippen molar-refractivity contribution >= 4 is 11.7 Å². The first-order valence-electron chi connectivity index (χ1n) is 4.86. The Morgan fingerprint density at radius 1 is 1.56 bits per heavy atom. The molecule has 0 amide bonds. The number of nitrogens with zero attached hydrogens (tertiary/aromatic N) is 1. The highest BCUT2D eigenvalue weighted by Crippen LogP contribution is 2.00. The van der Waals surface area contributed by atoms with Gasteiger partial charge in [-0.3, -0.25) is 4.79 Å². The van der Waals surface area contributed by atoms with E-state index in [-0.39, 0.29) is 11.3 Å². The lowest BCUT2D eigenvalue weighted by Crippen LogP contribution is -2.21. The maximum Gasteiger partial charge on any atom is 0.341 e. The molecule has 16 heavy (non-hydrogen) atoms. The van der Waals surface area contributed by atoms with Gasteiger partial charge in [0, 0.05) is 25.5 Å². The molecule has 1 aromatic rings. The molecule has 1 aromatic heterocycles. The topological polar surface area (TPSA) is 94.5 Å². The number of carbonyl (C=O) groups is 1. The van der Waals surface area contributed by atoms with Gasteiger partial charge in [-0.05, 0) is 6.92 Å². The summed E-state index contributed by atoms with van der Waals surface area (Å²) in [5, 5.41) is 8.79. The molecule has 0 aromatic carbocycles. The summed E-state index contributed by atoms with van der Waals surface area (Å²) < 4.78 is 6.66. The van der Waals surface area contributed by atoms with Crippen molar-refractivity contribution in [3.05, 3.63) is 28.2 Å². The molecule has 0 aliphatic heterocycles. The number of carboxylic acid groups (broad SMARTS) is 1. The molecule has 0 spiro atoms. The van der Waals surface area contributed by atoms with E-state index in [0.29, 0.717) is 19.8 Å². The molecule has 88 valence electrons. The molecule has 0 saturated carbocycles. The zero-order valence-electron chi connectivity index (χ0n) is 8.97. The molecule has 0 fully saturated rings. The molecule has 0 saturated heterocycles. The second kappa shape index (κ2) is 5.32. The van der Waals surface area contributed by atoms with Crippen LogP contribution in [0.5, 0.6) is 0 Å². The molecule has 0 aliphatic carbocycles. The lowest BCUT2D eigenvalue weighted by molar-refractivity contribution is 0.0694. The average molecular weight is 226 g/mol. The maximum atomic E-state index is 11.3. The van der Waals surface area contributed by atoms with Gasteiger partial charge >= 0.3 is 5.97 Å². The lowest BCUT2D eigenvalue weighted by Gasteiger charge is -2.08. The highest BCUT2D eigenvalue weighted by molar-refractivity contribution is 5.88. The minimum absolute atomic E-state index is 0.0728. The van der Waals surface area contributed by atoms with Crippen LogP contribution in [-0.4, -0.2) is 28.9 Å². The van der Waals surface area contributed by atoms with Gasteiger partial charge in [-0.1, -0.05) is 0 Å². The number of ether oxygens (including phenoxy) is 1. The standard InChI is InChI=1S/C10H14N2O4/c1-2-16-4-3-12-5-7(10(14)15)9(13)8(11)6-12/h5-6H,2-4,11H2,1H3,(H,14,15). The molecular weight excluding hydrogens is 212 g/mol. The van der Waals surface area contributed by atoms with Crippen molar-refractivity contribution in [1.29, 1.82) is 0 Å². The summed E-state index contributed by atoms with van der Waals surface area (Å²) in [5.74, 6) is -1.28. The van der Waals surface area contributed by atoms with Gasteiger partial charge < -0.3 is 20.1 Å². The van der Waals surface area contributed by atoms with Crippen LogP contribution < -0.4 is 11.2 Å². The van der Waals surface area contributed by atoms with Gasteiger partial charge in [0.1, 0.15) is 5.56 Å². The number of hydrogen-bond donors (Lipinski definition) is 2. The molecule has 0 unspecified atom stereocenters. The summed E-state index contributed by atoms with van der Waals surface area (Å²) in [6.45, 7) is 3.35. The highest BCUT2D eigenvalue weighted by atomic mass is 16.5. The van der Waals surface area contributed by atoms with E-state index in [9.17, 15) is 9.59 Å². The third-order valence-electron chi connectivity index (χ3n) is 2.03. The predicted molar refractivity (Wildman–Crippen MR) is 58.6 cm³/mol. The number of rotatable bonds is 5. The summed E-state index contributed by atoms with van der Waals surface area (Å²) in [5.41, 5.74) is 4.38. The first-order chi connectivity index (χ1) is 7.56. The Morgan fingerprint density at radius 3 is 2.81 bits per heavy atom. The summed E-state index contributed by atoms with van der Waals surface area (Å²) >= 11 is 0. The van der Waals surface area contributed by atoms with Crippen LogP contribution in [0.25, 0.3) is 0 Å². The zero-order chi connectivity index (χ0) is 12.1. The fourth-order valence-corrected chi connectivity index (χ4v) is 1.25. The SMILES string of the molecule is CCOCCn1cc(N)c(=O)c(C(=O)O)c1. The van der Waals surface area contributed by atoms with Crippen LogP contribution >= 0.6 is 0 Å². The number of carboxylic acids is 1. The number of anilines is 1. The minimum Gasteiger partial charge on any atom is -0.477 e. The molecular formula is C10H14N2O4. The smallest absolute Gasteiger partial charge is 0.341 e. The predicted octanol–water partition coefficient (Wildman–Crippen LogP) is 0.165. The van der Waals surface area contributed by atoms with Crippen molar-refractivity contribution in [3.8, 4) is 0 Å². The van der Waals surface area contributed by atoms with E-state index in [4.69, 9.17) is 15.6 Å². The minimum atomic E-state index is -1.28. The van der Waals surface area contributed by atoms with E-state index in [1.165, 1.54) is 17.0 Å². The normalized spacial score (nSPS) is 10.3. The van der Waals surface area contributed by atoms with Crippen molar-refractivity contribution in [1.82, 2.24) is 4.57 Å². The highest BCUT2D eigenvalue weighted by Gasteiger charge is 2.11. The van der Waals surface area contributed by atoms with Gasteiger partial charge in [0.05, 0.1) is 12.3 Å². The van der Waals surface area contributed by atoms with Gasteiger partial charge in [-0.15, -0.1) is 0 Å². The lowest BCUT2D eigenvalue weighted by atomic mass is 10.2. The van der Waals surface area contributed by atoms with E-state index in [0.717, 1.165) is 0 Å². The van der Waals surface area contributed by atoms with E-state index >= 15 is 0 Å². The van der Waals surface area contributed by atoms with Gasteiger partial charge in [0.25, 0.3) is 0 Å². The Bertz CT molecular complexity index is 439.